The second kappa shape index (κ2) is 6.17. The van der Waals surface area contributed by atoms with Crippen molar-refractivity contribution in [2.75, 3.05) is 0 Å². The summed E-state index contributed by atoms with van der Waals surface area (Å²) in [5, 5.41) is 2.69. The Morgan fingerprint density at radius 2 is 1.95 bits per heavy atom. The van der Waals surface area contributed by atoms with Crippen LogP contribution in [-0.4, -0.2) is 15.9 Å². The average molecular weight is 297 g/mol. The normalized spacial score (nSPS) is 10.4. The van der Waals surface area contributed by atoms with Gasteiger partial charge in [0.15, 0.2) is 0 Å². The average Bonchev–Trinajstić information content (AvgIpc) is 3.03. The molecule has 0 saturated heterocycles. The summed E-state index contributed by atoms with van der Waals surface area (Å²) in [7, 11) is 0. The van der Waals surface area contributed by atoms with Crippen molar-refractivity contribution in [2.45, 2.75) is 6.54 Å². The number of rotatable bonds is 4. The minimum atomic E-state index is -0.326. The van der Waals surface area contributed by atoms with Crippen LogP contribution < -0.4 is 5.32 Å². The van der Waals surface area contributed by atoms with Gasteiger partial charge in [-0.15, -0.1) is 0 Å². The molecule has 0 aliphatic rings. The number of halogens is 1. The first-order valence-electron chi connectivity index (χ1n) is 6.61. The predicted octanol–water partition coefficient (Wildman–Crippen LogP) is 2.81. The molecule has 1 aromatic carbocycles. The SMILES string of the molecule is O=C(NCc1ccc(-c2ccc(F)cc2)o1)c1cnccn1. The number of carbonyl (C=O) groups is 1. The van der Waals surface area contributed by atoms with Crippen LogP contribution in [0.5, 0.6) is 0 Å². The van der Waals surface area contributed by atoms with Gasteiger partial charge < -0.3 is 9.73 Å². The summed E-state index contributed by atoms with van der Waals surface area (Å²) in [6.45, 7) is 0.233. The van der Waals surface area contributed by atoms with Crippen molar-refractivity contribution in [3.63, 3.8) is 0 Å². The second-order valence-corrected chi connectivity index (χ2v) is 4.55. The molecule has 1 amide bonds. The van der Waals surface area contributed by atoms with Crippen LogP contribution in [0.1, 0.15) is 16.2 Å². The molecule has 0 aliphatic carbocycles. The molecular weight excluding hydrogens is 285 g/mol. The molecule has 1 N–H and O–H groups in total. The minimum absolute atomic E-state index is 0.233. The number of aromatic nitrogens is 2. The van der Waals surface area contributed by atoms with Gasteiger partial charge in [0.25, 0.3) is 5.91 Å². The molecule has 0 aliphatic heterocycles. The summed E-state index contributed by atoms with van der Waals surface area (Å²) in [6, 6.07) is 9.54. The standard InChI is InChI=1S/C16H12FN3O2/c17-12-3-1-11(2-4-12)15-6-5-13(22-15)9-20-16(21)14-10-18-7-8-19-14/h1-8,10H,9H2,(H,20,21). The molecule has 0 fully saturated rings. The number of amides is 1. The van der Waals surface area contributed by atoms with E-state index in [4.69, 9.17) is 4.42 Å². The molecule has 5 nitrogen and oxygen atoms in total. The first kappa shape index (κ1) is 13.9. The Balaban J connectivity index is 1.65. The van der Waals surface area contributed by atoms with Gasteiger partial charge in [-0.3, -0.25) is 9.78 Å². The van der Waals surface area contributed by atoms with E-state index >= 15 is 0 Å². The lowest BCUT2D eigenvalue weighted by Gasteiger charge is -2.02. The summed E-state index contributed by atoms with van der Waals surface area (Å²) in [5.74, 6) is 0.583. The third-order valence-electron chi connectivity index (χ3n) is 3.01. The lowest BCUT2D eigenvalue weighted by molar-refractivity contribution is 0.0942. The zero-order valence-electron chi connectivity index (χ0n) is 11.5. The Morgan fingerprint density at radius 3 is 2.68 bits per heavy atom. The van der Waals surface area contributed by atoms with Gasteiger partial charge in [-0.25, -0.2) is 9.37 Å². The zero-order chi connectivity index (χ0) is 15.4. The molecule has 0 unspecified atom stereocenters. The largest absolute Gasteiger partial charge is 0.459 e. The van der Waals surface area contributed by atoms with Crippen LogP contribution in [0.15, 0.2) is 59.4 Å². The van der Waals surface area contributed by atoms with E-state index in [0.29, 0.717) is 11.5 Å². The van der Waals surface area contributed by atoms with Crippen molar-refractivity contribution in [3.8, 4) is 11.3 Å². The van der Waals surface area contributed by atoms with Crippen LogP contribution in [-0.2, 0) is 6.54 Å². The van der Waals surface area contributed by atoms with E-state index < -0.39 is 0 Å². The highest BCUT2D eigenvalue weighted by molar-refractivity contribution is 5.91. The topological polar surface area (TPSA) is 68.0 Å². The van der Waals surface area contributed by atoms with Gasteiger partial charge in [-0.1, -0.05) is 0 Å². The van der Waals surface area contributed by atoms with Gasteiger partial charge in [0, 0.05) is 18.0 Å². The summed E-state index contributed by atoms with van der Waals surface area (Å²) in [5.41, 5.74) is 1.01. The molecular formula is C16H12FN3O2. The molecule has 2 heterocycles. The number of nitrogens with zero attached hydrogens (tertiary/aromatic N) is 2. The Kier molecular flexibility index (Phi) is 3.91. The molecule has 0 atom stereocenters. The van der Waals surface area contributed by atoms with Gasteiger partial charge in [-0.2, -0.15) is 0 Å². The first-order valence-corrected chi connectivity index (χ1v) is 6.61. The van der Waals surface area contributed by atoms with Crippen LogP contribution in [0.4, 0.5) is 4.39 Å². The Hall–Kier alpha value is -3.02. The monoisotopic (exact) mass is 297 g/mol. The van der Waals surface area contributed by atoms with Crippen LogP contribution >= 0.6 is 0 Å². The van der Waals surface area contributed by atoms with Crippen molar-refractivity contribution in [1.29, 1.82) is 0 Å². The maximum Gasteiger partial charge on any atom is 0.271 e. The maximum absolute atomic E-state index is 12.9. The van der Waals surface area contributed by atoms with Gasteiger partial charge in [0.2, 0.25) is 0 Å². The lowest BCUT2D eigenvalue weighted by atomic mass is 10.2. The van der Waals surface area contributed by atoms with E-state index in [-0.39, 0.29) is 24.0 Å². The second-order valence-electron chi connectivity index (χ2n) is 4.55. The smallest absolute Gasteiger partial charge is 0.271 e. The highest BCUT2D eigenvalue weighted by atomic mass is 19.1. The molecule has 3 rings (SSSR count). The summed E-state index contributed by atoms with van der Waals surface area (Å²) in [6.07, 6.45) is 4.34. The molecule has 3 aromatic rings. The number of benzene rings is 1. The number of hydrogen-bond acceptors (Lipinski definition) is 4. The molecule has 110 valence electrons. The summed E-state index contributed by atoms with van der Waals surface area (Å²) in [4.78, 5) is 19.6. The fraction of sp³-hybridized carbons (Fsp3) is 0.0625. The van der Waals surface area contributed by atoms with Crippen LogP contribution in [0, 0.1) is 5.82 Å². The molecule has 0 spiro atoms. The van der Waals surface area contributed by atoms with Crippen molar-refractivity contribution >= 4 is 5.91 Å². The van der Waals surface area contributed by atoms with E-state index in [1.165, 1.54) is 30.7 Å². The quantitative estimate of drug-likeness (QED) is 0.804. The number of hydrogen-bond donors (Lipinski definition) is 1. The van der Waals surface area contributed by atoms with Crippen LogP contribution in [0.25, 0.3) is 11.3 Å². The number of carbonyl (C=O) groups excluding carboxylic acids is 1. The lowest BCUT2D eigenvalue weighted by Crippen LogP contribution is -2.23. The predicted molar refractivity (Wildman–Crippen MR) is 77.3 cm³/mol. The fourth-order valence-corrected chi connectivity index (χ4v) is 1.92. The number of nitrogens with one attached hydrogen (secondary N) is 1. The Labute approximate surface area is 125 Å². The van der Waals surface area contributed by atoms with Crippen LogP contribution in [0.3, 0.4) is 0 Å². The van der Waals surface area contributed by atoms with E-state index in [1.807, 2.05) is 0 Å². The third-order valence-corrected chi connectivity index (χ3v) is 3.01. The molecule has 0 bridgehead atoms. The molecule has 0 saturated carbocycles. The van der Waals surface area contributed by atoms with Crippen molar-refractivity contribution in [3.05, 3.63) is 72.3 Å². The van der Waals surface area contributed by atoms with E-state index in [0.717, 1.165) is 5.56 Å². The molecule has 22 heavy (non-hydrogen) atoms. The highest BCUT2D eigenvalue weighted by Crippen LogP contribution is 2.22. The van der Waals surface area contributed by atoms with E-state index in [1.54, 1.807) is 24.3 Å². The summed E-state index contributed by atoms with van der Waals surface area (Å²) >= 11 is 0. The maximum atomic E-state index is 12.9. The van der Waals surface area contributed by atoms with Gasteiger partial charge in [-0.05, 0) is 36.4 Å². The zero-order valence-corrected chi connectivity index (χ0v) is 11.5. The summed E-state index contributed by atoms with van der Waals surface area (Å²) < 4.78 is 18.5. The van der Waals surface area contributed by atoms with Gasteiger partial charge in [0.05, 0.1) is 12.7 Å². The highest BCUT2D eigenvalue weighted by Gasteiger charge is 2.09. The van der Waals surface area contributed by atoms with Crippen LogP contribution in [0.2, 0.25) is 0 Å². The van der Waals surface area contributed by atoms with E-state index in [9.17, 15) is 9.18 Å². The van der Waals surface area contributed by atoms with Gasteiger partial charge in [0.1, 0.15) is 23.0 Å². The van der Waals surface area contributed by atoms with Crippen molar-refractivity contribution in [1.82, 2.24) is 15.3 Å². The van der Waals surface area contributed by atoms with Crippen molar-refractivity contribution in [2.24, 2.45) is 0 Å². The minimum Gasteiger partial charge on any atom is -0.459 e. The Bertz CT molecular complexity index is 770. The molecule has 6 heteroatoms. The molecule has 0 radical (unpaired) electrons. The third kappa shape index (κ3) is 3.17. The Morgan fingerprint density at radius 1 is 1.14 bits per heavy atom. The van der Waals surface area contributed by atoms with Crippen molar-refractivity contribution < 1.29 is 13.6 Å². The number of furan rings is 1. The molecule has 2 aromatic heterocycles. The first-order chi connectivity index (χ1) is 10.7. The fourth-order valence-electron chi connectivity index (χ4n) is 1.92. The van der Waals surface area contributed by atoms with Gasteiger partial charge >= 0.3 is 0 Å². The van der Waals surface area contributed by atoms with E-state index in [2.05, 4.69) is 15.3 Å².